The van der Waals surface area contributed by atoms with Crippen LogP contribution in [-0.4, -0.2) is 38.4 Å². The number of aromatic nitrogens is 4. The first-order valence-corrected chi connectivity index (χ1v) is 7.60. The molecule has 0 spiro atoms. The Labute approximate surface area is 144 Å². The summed E-state index contributed by atoms with van der Waals surface area (Å²) >= 11 is 3.04. The lowest BCUT2D eigenvalue weighted by atomic mass is 10.3. The van der Waals surface area contributed by atoms with E-state index < -0.39 is 23.9 Å². The number of aryl methyl sites for hydroxylation is 1. The van der Waals surface area contributed by atoms with Crippen molar-refractivity contribution in [2.75, 3.05) is 12.4 Å². The molecule has 130 valence electrons. The van der Waals surface area contributed by atoms with E-state index in [-0.39, 0.29) is 22.4 Å². The largest absolute Gasteiger partial charge is 0.354 e. The molecule has 0 fully saturated rings. The summed E-state index contributed by atoms with van der Waals surface area (Å²) in [5, 5.41) is 12.6. The third kappa shape index (κ3) is 3.61. The quantitative estimate of drug-likeness (QED) is 0.791. The molecule has 2 aromatic heterocycles. The van der Waals surface area contributed by atoms with Crippen molar-refractivity contribution in [1.29, 1.82) is 0 Å². The highest BCUT2D eigenvalue weighted by Gasteiger charge is 2.22. The average molecular weight is 405 g/mol. The lowest BCUT2D eigenvalue weighted by Crippen LogP contribution is -2.24. The minimum atomic E-state index is -2.75. The molecule has 2 heterocycles. The highest BCUT2D eigenvalue weighted by molar-refractivity contribution is 9.10. The predicted molar refractivity (Wildman–Crippen MR) is 84.8 cm³/mol. The molecular weight excluding hydrogens is 390 g/mol. The van der Waals surface area contributed by atoms with Crippen LogP contribution in [0.4, 0.5) is 14.5 Å². The molecule has 0 atom stereocenters. The van der Waals surface area contributed by atoms with Crippen molar-refractivity contribution in [1.82, 2.24) is 24.9 Å². The van der Waals surface area contributed by atoms with E-state index in [9.17, 15) is 18.4 Å². The van der Waals surface area contributed by atoms with Gasteiger partial charge in [0.25, 0.3) is 12.3 Å². The molecule has 11 heteroatoms. The Kier molecular flexibility index (Phi) is 5.32. The fourth-order valence-corrected chi connectivity index (χ4v) is 2.49. The second-order valence-corrected chi connectivity index (χ2v) is 5.73. The van der Waals surface area contributed by atoms with Gasteiger partial charge < -0.3 is 10.6 Å². The maximum absolute atomic E-state index is 12.8. The summed E-state index contributed by atoms with van der Waals surface area (Å²) in [6, 6.07) is 0. The predicted octanol–water partition coefficient (Wildman–Crippen LogP) is 1.62. The first kappa shape index (κ1) is 18.0. The molecule has 24 heavy (non-hydrogen) atoms. The third-order valence-corrected chi connectivity index (χ3v) is 4.18. The SMILES string of the molecule is CNC(=O)c1nn(C)cc1NC(=O)Cn1nc(C(F)F)c(Br)c1C. The third-order valence-electron chi connectivity index (χ3n) is 3.20. The highest BCUT2D eigenvalue weighted by atomic mass is 79.9. The van der Waals surface area contributed by atoms with Gasteiger partial charge in [0.1, 0.15) is 12.2 Å². The van der Waals surface area contributed by atoms with Crippen LogP contribution in [0.1, 0.15) is 28.3 Å². The summed E-state index contributed by atoms with van der Waals surface area (Å²) in [6.45, 7) is 1.29. The van der Waals surface area contributed by atoms with Gasteiger partial charge in [0, 0.05) is 20.3 Å². The Morgan fingerprint density at radius 3 is 2.58 bits per heavy atom. The molecule has 8 nitrogen and oxygen atoms in total. The molecular formula is C13H15BrF2N6O2. The second-order valence-electron chi connectivity index (χ2n) is 4.94. The van der Waals surface area contributed by atoms with Gasteiger partial charge in [-0.05, 0) is 22.9 Å². The summed E-state index contributed by atoms with van der Waals surface area (Å²) in [5.74, 6) is -0.976. The Morgan fingerprint density at radius 2 is 2.04 bits per heavy atom. The van der Waals surface area contributed by atoms with Crippen molar-refractivity contribution in [3.8, 4) is 0 Å². The van der Waals surface area contributed by atoms with Crippen molar-refractivity contribution < 1.29 is 18.4 Å². The van der Waals surface area contributed by atoms with Crippen LogP contribution in [0.5, 0.6) is 0 Å². The topological polar surface area (TPSA) is 93.8 Å². The zero-order valence-electron chi connectivity index (χ0n) is 13.1. The highest BCUT2D eigenvalue weighted by Crippen LogP contribution is 2.29. The van der Waals surface area contributed by atoms with Crippen LogP contribution in [0, 0.1) is 6.92 Å². The number of nitrogens with one attached hydrogen (secondary N) is 2. The maximum Gasteiger partial charge on any atom is 0.283 e. The monoisotopic (exact) mass is 404 g/mol. The second kappa shape index (κ2) is 7.07. The van der Waals surface area contributed by atoms with Crippen LogP contribution in [0.2, 0.25) is 0 Å². The van der Waals surface area contributed by atoms with Crippen molar-refractivity contribution in [3.63, 3.8) is 0 Å². The molecule has 0 aromatic carbocycles. The summed E-state index contributed by atoms with van der Waals surface area (Å²) in [5.41, 5.74) is 0.255. The van der Waals surface area contributed by atoms with Crippen molar-refractivity contribution in [3.05, 3.63) is 27.8 Å². The molecule has 0 saturated heterocycles. The number of carbonyl (C=O) groups excluding carboxylic acids is 2. The number of hydrogen-bond donors (Lipinski definition) is 2. The molecule has 0 unspecified atom stereocenters. The first-order chi connectivity index (χ1) is 11.2. The minimum Gasteiger partial charge on any atom is -0.354 e. The first-order valence-electron chi connectivity index (χ1n) is 6.81. The van der Waals surface area contributed by atoms with Crippen LogP contribution in [-0.2, 0) is 18.4 Å². The summed E-state index contributed by atoms with van der Waals surface area (Å²) < 4.78 is 28.4. The smallest absolute Gasteiger partial charge is 0.283 e. The molecule has 0 radical (unpaired) electrons. The number of rotatable bonds is 5. The Bertz CT molecular complexity index is 786. The van der Waals surface area contributed by atoms with Gasteiger partial charge in [-0.2, -0.15) is 10.2 Å². The minimum absolute atomic E-state index is 0.0555. The number of amides is 2. The van der Waals surface area contributed by atoms with E-state index in [1.165, 1.54) is 17.9 Å². The van der Waals surface area contributed by atoms with E-state index in [1.807, 2.05) is 0 Å². The number of anilines is 1. The molecule has 0 aliphatic carbocycles. The van der Waals surface area contributed by atoms with Gasteiger partial charge in [0.05, 0.1) is 15.9 Å². The number of halogens is 3. The van der Waals surface area contributed by atoms with E-state index in [4.69, 9.17) is 0 Å². The number of nitrogens with zero attached hydrogens (tertiary/aromatic N) is 4. The zero-order chi connectivity index (χ0) is 18.0. The van der Waals surface area contributed by atoms with Crippen molar-refractivity contribution >= 4 is 33.4 Å². The molecule has 2 rings (SSSR count). The standard InChI is InChI=1S/C13H15BrF2N6O2/c1-6-9(14)11(12(15)16)20-22(6)5-8(23)18-7-4-21(3)19-10(7)13(24)17-2/h4,12H,5H2,1-3H3,(H,17,24)(H,18,23). The van der Waals surface area contributed by atoms with Crippen LogP contribution in [0.25, 0.3) is 0 Å². The maximum atomic E-state index is 12.8. The zero-order valence-corrected chi connectivity index (χ0v) is 14.7. The fourth-order valence-electron chi connectivity index (χ4n) is 2.03. The van der Waals surface area contributed by atoms with Crippen LogP contribution >= 0.6 is 15.9 Å². The lowest BCUT2D eigenvalue weighted by Gasteiger charge is -2.06. The fraction of sp³-hybridized carbons (Fsp3) is 0.385. The molecule has 0 saturated carbocycles. The van der Waals surface area contributed by atoms with Gasteiger partial charge in [-0.1, -0.05) is 0 Å². The molecule has 0 bridgehead atoms. The molecule has 2 N–H and O–H groups in total. The average Bonchev–Trinajstić information content (AvgIpc) is 3.01. The Morgan fingerprint density at radius 1 is 1.38 bits per heavy atom. The number of hydrogen-bond acceptors (Lipinski definition) is 4. The van der Waals surface area contributed by atoms with Gasteiger partial charge in [-0.3, -0.25) is 19.0 Å². The van der Waals surface area contributed by atoms with Crippen LogP contribution in [0.3, 0.4) is 0 Å². The van der Waals surface area contributed by atoms with Crippen LogP contribution < -0.4 is 10.6 Å². The van der Waals surface area contributed by atoms with Crippen LogP contribution in [0.15, 0.2) is 10.7 Å². The molecule has 0 aliphatic heterocycles. The molecule has 2 amide bonds. The van der Waals surface area contributed by atoms with E-state index in [2.05, 4.69) is 36.8 Å². The Hall–Kier alpha value is -2.30. The summed E-state index contributed by atoms with van der Waals surface area (Å²) in [6.07, 6.45) is -1.28. The van der Waals surface area contributed by atoms with E-state index in [1.54, 1.807) is 14.0 Å². The summed E-state index contributed by atoms with van der Waals surface area (Å²) in [7, 11) is 3.05. The van der Waals surface area contributed by atoms with Gasteiger partial charge >= 0.3 is 0 Å². The van der Waals surface area contributed by atoms with E-state index >= 15 is 0 Å². The van der Waals surface area contributed by atoms with E-state index in [0.29, 0.717) is 5.69 Å². The van der Waals surface area contributed by atoms with Crippen molar-refractivity contribution in [2.45, 2.75) is 19.9 Å². The van der Waals surface area contributed by atoms with Gasteiger partial charge in [-0.15, -0.1) is 0 Å². The van der Waals surface area contributed by atoms with Gasteiger partial charge in [-0.25, -0.2) is 8.78 Å². The lowest BCUT2D eigenvalue weighted by molar-refractivity contribution is -0.117. The summed E-state index contributed by atoms with van der Waals surface area (Å²) in [4.78, 5) is 23.9. The van der Waals surface area contributed by atoms with E-state index in [0.717, 1.165) is 4.68 Å². The molecule has 2 aromatic rings. The molecule has 0 aliphatic rings. The van der Waals surface area contributed by atoms with Gasteiger partial charge in [0.2, 0.25) is 5.91 Å². The Balaban J connectivity index is 2.18. The normalized spacial score (nSPS) is 11.0. The van der Waals surface area contributed by atoms with Crippen molar-refractivity contribution in [2.24, 2.45) is 7.05 Å². The van der Waals surface area contributed by atoms with Gasteiger partial charge in [0.15, 0.2) is 5.69 Å². The number of alkyl halides is 2. The number of carbonyl (C=O) groups is 2.